The Bertz CT molecular complexity index is 729. The summed E-state index contributed by atoms with van der Waals surface area (Å²) in [5.74, 6) is 0.409. The van der Waals surface area contributed by atoms with Crippen LogP contribution in [0.5, 0.6) is 5.75 Å². The fourth-order valence-electron chi connectivity index (χ4n) is 1.71. The average Bonchev–Trinajstić information content (AvgIpc) is 2.91. The number of nitrogens with two attached hydrogens (primary N) is 1. The Morgan fingerprint density at radius 3 is 2.76 bits per heavy atom. The van der Waals surface area contributed by atoms with Crippen molar-refractivity contribution in [3.8, 4) is 5.75 Å². The van der Waals surface area contributed by atoms with E-state index in [2.05, 4.69) is 4.72 Å². The van der Waals surface area contributed by atoms with Gasteiger partial charge in [-0.2, -0.15) is 0 Å². The predicted octanol–water partition coefficient (Wildman–Crippen LogP) is 2.71. The van der Waals surface area contributed by atoms with Gasteiger partial charge in [-0.05, 0) is 37.2 Å². The van der Waals surface area contributed by atoms with Crippen LogP contribution in [0.15, 0.2) is 34.5 Å². The molecular weight excluding hydrogens is 332 g/mol. The number of benzene rings is 1. The minimum Gasteiger partial charge on any atom is -0.495 e. The second kappa shape index (κ2) is 6.65. The number of ether oxygens (including phenoxy) is 1. The molecular formula is C13H15ClN2O3S2. The van der Waals surface area contributed by atoms with Gasteiger partial charge in [0, 0.05) is 10.9 Å². The Labute approximate surface area is 132 Å². The Hall–Kier alpha value is -1.28. The minimum atomic E-state index is -3.62. The van der Waals surface area contributed by atoms with E-state index in [1.807, 2.05) is 0 Å². The molecule has 0 saturated heterocycles. The largest absolute Gasteiger partial charge is 0.495 e. The summed E-state index contributed by atoms with van der Waals surface area (Å²) in [7, 11) is -2.15. The lowest BCUT2D eigenvalue weighted by molar-refractivity contribution is 0.415. The van der Waals surface area contributed by atoms with Crippen LogP contribution in [0.25, 0.3) is 0 Å². The van der Waals surface area contributed by atoms with E-state index in [4.69, 9.17) is 22.1 Å². The summed E-state index contributed by atoms with van der Waals surface area (Å²) in [6, 6.07) is 8.04. The van der Waals surface area contributed by atoms with Crippen LogP contribution in [0, 0.1) is 0 Å². The van der Waals surface area contributed by atoms with Crippen LogP contribution < -0.4 is 15.2 Å². The number of hydrogen-bond donors (Lipinski definition) is 2. The first-order valence-corrected chi connectivity index (χ1v) is 8.79. The van der Waals surface area contributed by atoms with Crippen molar-refractivity contribution in [2.75, 3.05) is 18.4 Å². The number of thiophene rings is 1. The normalized spacial score (nSPS) is 11.4. The zero-order chi connectivity index (χ0) is 15.5. The summed E-state index contributed by atoms with van der Waals surface area (Å²) < 4.78 is 32.4. The molecule has 0 aliphatic heterocycles. The molecule has 0 spiro atoms. The standard InChI is InChI=1S/C13H15ClN2O3S2/c1-19-12-8-9(2-4-11(12)14)16-21(17,18)13-5-3-10(20-13)6-7-15/h2-5,8,16H,6-7,15H2,1H3. The van der Waals surface area contributed by atoms with Gasteiger partial charge in [-0.3, -0.25) is 4.72 Å². The molecule has 1 aromatic carbocycles. The zero-order valence-corrected chi connectivity index (χ0v) is 13.7. The molecule has 0 aliphatic carbocycles. The smallest absolute Gasteiger partial charge is 0.271 e. The van der Waals surface area contributed by atoms with Crippen molar-refractivity contribution in [2.45, 2.75) is 10.6 Å². The number of rotatable bonds is 6. The highest BCUT2D eigenvalue weighted by atomic mass is 35.5. The van der Waals surface area contributed by atoms with Crippen LogP contribution in [0.3, 0.4) is 0 Å². The van der Waals surface area contributed by atoms with Crippen molar-refractivity contribution in [2.24, 2.45) is 5.73 Å². The molecule has 0 aliphatic rings. The maximum Gasteiger partial charge on any atom is 0.271 e. The van der Waals surface area contributed by atoms with Gasteiger partial charge < -0.3 is 10.5 Å². The maximum absolute atomic E-state index is 12.3. The fourth-order valence-corrected chi connectivity index (χ4v) is 4.32. The summed E-state index contributed by atoms with van der Waals surface area (Å²) in [5, 5.41) is 0.418. The van der Waals surface area contributed by atoms with Crippen molar-refractivity contribution in [3.63, 3.8) is 0 Å². The quantitative estimate of drug-likeness (QED) is 0.842. The van der Waals surface area contributed by atoms with E-state index in [-0.39, 0.29) is 4.21 Å². The Balaban J connectivity index is 2.24. The molecule has 0 radical (unpaired) electrons. The Morgan fingerprint density at radius 2 is 2.10 bits per heavy atom. The van der Waals surface area contributed by atoms with E-state index < -0.39 is 10.0 Å². The first kappa shape index (κ1) is 16.1. The topological polar surface area (TPSA) is 81.4 Å². The van der Waals surface area contributed by atoms with Gasteiger partial charge in [-0.1, -0.05) is 11.6 Å². The van der Waals surface area contributed by atoms with Crippen LogP contribution >= 0.6 is 22.9 Å². The summed E-state index contributed by atoms with van der Waals surface area (Å²) in [5.41, 5.74) is 5.86. The van der Waals surface area contributed by atoms with Gasteiger partial charge in [0.2, 0.25) is 0 Å². The van der Waals surface area contributed by atoms with Crippen LogP contribution in [0.2, 0.25) is 5.02 Å². The highest BCUT2D eigenvalue weighted by Gasteiger charge is 2.17. The van der Waals surface area contributed by atoms with E-state index in [9.17, 15) is 8.42 Å². The van der Waals surface area contributed by atoms with Gasteiger partial charge >= 0.3 is 0 Å². The molecule has 1 aromatic heterocycles. The summed E-state index contributed by atoms with van der Waals surface area (Å²) in [6.45, 7) is 0.488. The average molecular weight is 347 g/mol. The third-order valence-electron chi connectivity index (χ3n) is 2.70. The van der Waals surface area contributed by atoms with Gasteiger partial charge in [-0.15, -0.1) is 11.3 Å². The van der Waals surface area contributed by atoms with Crippen molar-refractivity contribution in [1.29, 1.82) is 0 Å². The Kier molecular flexibility index (Phi) is 5.10. The molecule has 0 amide bonds. The van der Waals surface area contributed by atoms with Crippen molar-refractivity contribution in [3.05, 3.63) is 40.2 Å². The van der Waals surface area contributed by atoms with Crippen molar-refractivity contribution >= 4 is 38.6 Å². The van der Waals surface area contributed by atoms with Crippen molar-refractivity contribution < 1.29 is 13.2 Å². The lowest BCUT2D eigenvalue weighted by Crippen LogP contribution is -2.11. The van der Waals surface area contributed by atoms with E-state index >= 15 is 0 Å². The molecule has 2 aromatic rings. The summed E-state index contributed by atoms with van der Waals surface area (Å²) >= 11 is 7.12. The summed E-state index contributed by atoms with van der Waals surface area (Å²) in [6.07, 6.45) is 0.662. The first-order chi connectivity index (χ1) is 9.96. The van der Waals surface area contributed by atoms with E-state index in [1.165, 1.54) is 24.5 Å². The van der Waals surface area contributed by atoms with Crippen LogP contribution in [-0.2, 0) is 16.4 Å². The maximum atomic E-state index is 12.3. The molecule has 0 unspecified atom stereocenters. The van der Waals surface area contributed by atoms with Gasteiger partial charge in [0.1, 0.15) is 9.96 Å². The number of halogens is 1. The molecule has 8 heteroatoms. The van der Waals surface area contributed by atoms with E-state index in [0.29, 0.717) is 29.4 Å². The lowest BCUT2D eigenvalue weighted by Gasteiger charge is -2.09. The SMILES string of the molecule is COc1cc(NS(=O)(=O)c2ccc(CCN)s2)ccc1Cl. The van der Waals surface area contributed by atoms with Crippen molar-refractivity contribution in [1.82, 2.24) is 0 Å². The third kappa shape index (κ3) is 3.88. The highest BCUT2D eigenvalue weighted by molar-refractivity contribution is 7.94. The monoisotopic (exact) mass is 346 g/mol. The van der Waals surface area contributed by atoms with Gasteiger partial charge in [0.25, 0.3) is 10.0 Å². The molecule has 0 bridgehead atoms. The molecule has 1 heterocycles. The second-order valence-corrected chi connectivity index (χ2v) is 7.70. The van der Waals surface area contributed by atoms with Gasteiger partial charge in [0.15, 0.2) is 0 Å². The first-order valence-electron chi connectivity index (χ1n) is 6.11. The minimum absolute atomic E-state index is 0.250. The highest BCUT2D eigenvalue weighted by Crippen LogP contribution is 2.29. The molecule has 5 nitrogen and oxygen atoms in total. The number of nitrogens with one attached hydrogen (secondary N) is 1. The van der Waals surface area contributed by atoms with E-state index in [0.717, 1.165) is 4.88 Å². The van der Waals surface area contributed by atoms with Gasteiger partial charge in [0.05, 0.1) is 17.8 Å². The lowest BCUT2D eigenvalue weighted by atomic mass is 10.3. The summed E-state index contributed by atoms with van der Waals surface area (Å²) in [4.78, 5) is 0.937. The number of methoxy groups -OCH3 is 1. The third-order valence-corrected chi connectivity index (χ3v) is 6.03. The molecule has 0 saturated carbocycles. The molecule has 2 rings (SSSR count). The fraction of sp³-hybridized carbons (Fsp3) is 0.231. The number of sulfonamides is 1. The predicted molar refractivity (Wildman–Crippen MR) is 85.9 cm³/mol. The van der Waals surface area contributed by atoms with Crippen LogP contribution in [-0.4, -0.2) is 22.1 Å². The number of hydrogen-bond acceptors (Lipinski definition) is 5. The zero-order valence-electron chi connectivity index (χ0n) is 11.3. The van der Waals surface area contributed by atoms with Crippen LogP contribution in [0.4, 0.5) is 5.69 Å². The second-order valence-electron chi connectivity index (χ2n) is 4.21. The van der Waals surface area contributed by atoms with Crippen LogP contribution in [0.1, 0.15) is 4.88 Å². The molecule has 3 N–H and O–H groups in total. The molecule has 21 heavy (non-hydrogen) atoms. The molecule has 0 fully saturated rings. The Morgan fingerprint density at radius 1 is 1.33 bits per heavy atom. The number of anilines is 1. The van der Waals surface area contributed by atoms with E-state index in [1.54, 1.807) is 24.3 Å². The molecule has 0 atom stereocenters. The van der Waals surface area contributed by atoms with Gasteiger partial charge in [-0.25, -0.2) is 8.42 Å². The molecule has 114 valence electrons.